The molecular formula is C14H11ClF4N2. The summed E-state index contributed by atoms with van der Waals surface area (Å²) >= 11 is 5.57. The van der Waals surface area contributed by atoms with E-state index in [1.807, 2.05) is 0 Å². The molecule has 0 spiro atoms. The maximum Gasteiger partial charge on any atom is 0.194 e. The molecule has 1 unspecified atom stereocenters. The van der Waals surface area contributed by atoms with Crippen molar-refractivity contribution in [1.29, 1.82) is 0 Å². The van der Waals surface area contributed by atoms with E-state index in [4.69, 9.17) is 17.4 Å². The molecule has 2 nitrogen and oxygen atoms in total. The van der Waals surface area contributed by atoms with E-state index in [1.54, 1.807) is 6.07 Å². The van der Waals surface area contributed by atoms with Crippen LogP contribution in [-0.2, 0) is 6.42 Å². The van der Waals surface area contributed by atoms with Gasteiger partial charge in [-0.3, -0.25) is 11.3 Å². The van der Waals surface area contributed by atoms with Crippen LogP contribution in [0.25, 0.3) is 0 Å². The standard InChI is InChI=1S/C14H11ClF4N2/c15-9-2-1-7(3-10(9)16)4-13(21-20)8-5-11(17)14(19)12(18)6-8/h1-3,5-6,13,21H,4,20H2. The van der Waals surface area contributed by atoms with Gasteiger partial charge in [0.15, 0.2) is 17.5 Å². The van der Waals surface area contributed by atoms with Gasteiger partial charge in [-0.2, -0.15) is 0 Å². The van der Waals surface area contributed by atoms with Crippen LogP contribution in [0.1, 0.15) is 17.2 Å². The predicted octanol–water partition coefficient (Wildman–Crippen LogP) is 3.64. The zero-order chi connectivity index (χ0) is 15.6. The Hall–Kier alpha value is -1.63. The van der Waals surface area contributed by atoms with E-state index in [0.717, 1.165) is 12.1 Å². The molecule has 3 N–H and O–H groups in total. The highest BCUT2D eigenvalue weighted by molar-refractivity contribution is 6.30. The molecule has 0 heterocycles. The van der Waals surface area contributed by atoms with E-state index < -0.39 is 29.3 Å². The van der Waals surface area contributed by atoms with Crippen molar-refractivity contribution in [2.24, 2.45) is 5.84 Å². The lowest BCUT2D eigenvalue weighted by atomic mass is 9.99. The Morgan fingerprint density at radius 3 is 2.14 bits per heavy atom. The average Bonchev–Trinajstić information content (AvgIpc) is 2.45. The summed E-state index contributed by atoms with van der Waals surface area (Å²) < 4.78 is 52.8. The first-order chi connectivity index (χ1) is 9.92. The summed E-state index contributed by atoms with van der Waals surface area (Å²) in [5, 5.41) is -0.0325. The van der Waals surface area contributed by atoms with E-state index in [9.17, 15) is 17.6 Å². The molecule has 0 bridgehead atoms. The normalized spacial score (nSPS) is 12.5. The van der Waals surface area contributed by atoms with E-state index in [2.05, 4.69) is 5.43 Å². The molecule has 112 valence electrons. The number of nitrogens with one attached hydrogen (secondary N) is 1. The summed E-state index contributed by atoms with van der Waals surface area (Å²) in [7, 11) is 0. The third-order valence-electron chi connectivity index (χ3n) is 3.03. The Bertz CT molecular complexity index is 640. The minimum Gasteiger partial charge on any atom is -0.271 e. The molecule has 0 saturated heterocycles. The number of hydrogen-bond donors (Lipinski definition) is 2. The van der Waals surface area contributed by atoms with Gasteiger partial charge in [-0.25, -0.2) is 17.6 Å². The fourth-order valence-corrected chi connectivity index (χ4v) is 2.07. The van der Waals surface area contributed by atoms with Crippen molar-refractivity contribution < 1.29 is 17.6 Å². The van der Waals surface area contributed by atoms with Crippen molar-refractivity contribution in [3.8, 4) is 0 Å². The molecule has 0 radical (unpaired) electrons. The Labute approximate surface area is 123 Å². The van der Waals surface area contributed by atoms with Gasteiger partial charge >= 0.3 is 0 Å². The van der Waals surface area contributed by atoms with Gasteiger partial charge < -0.3 is 0 Å². The molecular weight excluding hydrogens is 308 g/mol. The zero-order valence-electron chi connectivity index (χ0n) is 10.6. The number of halogens is 5. The highest BCUT2D eigenvalue weighted by atomic mass is 35.5. The van der Waals surface area contributed by atoms with Crippen LogP contribution < -0.4 is 11.3 Å². The molecule has 0 aliphatic rings. The summed E-state index contributed by atoms with van der Waals surface area (Å²) in [5.41, 5.74) is 3.00. The molecule has 2 rings (SSSR count). The lowest BCUT2D eigenvalue weighted by Crippen LogP contribution is -2.30. The monoisotopic (exact) mass is 318 g/mol. The molecule has 1 atom stereocenters. The molecule has 21 heavy (non-hydrogen) atoms. The predicted molar refractivity (Wildman–Crippen MR) is 71.5 cm³/mol. The van der Waals surface area contributed by atoms with Gasteiger partial charge in [0.2, 0.25) is 0 Å². The number of benzene rings is 2. The van der Waals surface area contributed by atoms with Gasteiger partial charge in [0.25, 0.3) is 0 Å². The van der Waals surface area contributed by atoms with Crippen LogP contribution in [0.4, 0.5) is 17.6 Å². The van der Waals surface area contributed by atoms with Crippen LogP contribution in [0.5, 0.6) is 0 Å². The minimum absolute atomic E-state index is 0.0325. The topological polar surface area (TPSA) is 38.0 Å². The van der Waals surface area contributed by atoms with E-state index >= 15 is 0 Å². The third-order valence-corrected chi connectivity index (χ3v) is 3.34. The quantitative estimate of drug-likeness (QED) is 0.391. The van der Waals surface area contributed by atoms with Gasteiger partial charge in [0.1, 0.15) is 5.82 Å². The van der Waals surface area contributed by atoms with Crippen molar-refractivity contribution in [3.05, 3.63) is 69.8 Å². The van der Waals surface area contributed by atoms with Gasteiger partial charge in [0, 0.05) is 0 Å². The number of hydrazine groups is 1. The molecule has 0 aliphatic carbocycles. The van der Waals surface area contributed by atoms with Crippen molar-refractivity contribution in [3.63, 3.8) is 0 Å². The highest BCUT2D eigenvalue weighted by Crippen LogP contribution is 2.24. The summed E-state index contributed by atoms with van der Waals surface area (Å²) in [6.07, 6.45) is 0.148. The fourth-order valence-electron chi connectivity index (χ4n) is 1.95. The van der Waals surface area contributed by atoms with Crippen LogP contribution in [-0.4, -0.2) is 0 Å². The van der Waals surface area contributed by atoms with Crippen molar-refractivity contribution >= 4 is 11.6 Å². The fraction of sp³-hybridized carbons (Fsp3) is 0.143. The second-order valence-corrected chi connectivity index (χ2v) is 4.88. The summed E-state index contributed by atoms with van der Waals surface area (Å²) in [6, 6.07) is 5.10. The molecule has 0 saturated carbocycles. The maximum atomic E-state index is 13.4. The molecule has 0 aromatic heterocycles. The van der Waals surface area contributed by atoms with E-state index in [0.29, 0.717) is 5.56 Å². The second-order valence-electron chi connectivity index (χ2n) is 4.47. The number of hydrogen-bond acceptors (Lipinski definition) is 2. The first-order valence-electron chi connectivity index (χ1n) is 5.97. The smallest absolute Gasteiger partial charge is 0.194 e. The highest BCUT2D eigenvalue weighted by Gasteiger charge is 2.17. The van der Waals surface area contributed by atoms with Crippen molar-refractivity contribution in [1.82, 2.24) is 5.43 Å². The first kappa shape index (κ1) is 15.8. The van der Waals surface area contributed by atoms with Crippen LogP contribution in [0, 0.1) is 23.3 Å². The zero-order valence-corrected chi connectivity index (χ0v) is 11.4. The second kappa shape index (κ2) is 6.43. The Morgan fingerprint density at radius 1 is 1.00 bits per heavy atom. The average molecular weight is 319 g/mol. The Kier molecular flexibility index (Phi) is 4.82. The van der Waals surface area contributed by atoms with E-state index in [-0.39, 0.29) is 17.0 Å². The molecule has 7 heteroatoms. The molecule has 0 fully saturated rings. The van der Waals surface area contributed by atoms with Crippen LogP contribution in [0.15, 0.2) is 30.3 Å². The van der Waals surface area contributed by atoms with Crippen molar-refractivity contribution in [2.45, 2.75) is 12.5 Å². The van der Waals surface area contributed by atoms with Gasteiger partial charge in [-0.1, -0.05) is 17.7 Å². The van der Waals surface area contributed by atoms with Crippen LogP contribution >= 0.6 is 11.6 Å². The van der Waals surface area contributed by atoms with Gasteiger partial charge in [-0.05, 0) is 41.8 Å². The molecule has 0 aliphatic heterocycles. The Morgan fingerprint density at radius 2 is 1.62 bits per heavy atom. The molecule has 2 aromatic rings. The molecule has 2 aromatic carbocycles. The van der Waals surface area contributed by atoms with E-state index in [1.165, 1.54) is 12.1 Å². The SMILES string of the molecule is NNC(Cc1ccc(Cl)c(F)c1)c1cc(F)c(F)c(F)c1. The summed E-state index contributed by atoms with van der Waals surface area (Å²) in [4.78, 5) is 0. The first-order valence-corrected chi connectivity index (χ1v) is 6.34. The number of rotatable bonds is 4. The Balaban J connectivity index is 2.29. The maximum absolute atomic E-state index is 13.4. The van der Waals surface area contributed by atoms with Crippen LogP contribution in [0.3, 0.4) is 0 Å². The number of nitrogens with two attached hydrogens (primary N) is 1. The van der Waals surface area contributed by atoms with Crippen molar-refractivity contribution in [2.75, 3.05) is 0 Å². The minimum atomic E-state index is -1.55. The summed E-state index contributed by atoms with van der Waals surface area (Å²) in [5.74, 6) is 0.567. The molecule has 0 amide bonds. The van der Waals surface area contributed by atoms with Gasteiger partial charge in [0.05, 0.1) is 11.1 Å². The third kappa shape index (κ3) is 3.53. The van der Waals surface area contributed by atoms with Gasteiger partial charge in [-0.15, -0.1) is 0 Å². The summed E-state index contributed by atoms with van der Waals surface area (Å²) in [6.45, 7) is 0. The largest absolute Gasteiger partial charge is 0.271 e. The lowest BCUT2D eigenvalue weighted by molar-refractivity contribution is 0.439. The lowest BCUT2D eigenvalue weighted by Gasteiger charge is -2.17. The van der Waals surface area contributed by atoms with Crippen LogP contribution in [0.2, 0.25) is 5.02 Å².